The Morgan fingerprint density at radius 1 is 0.929 bits per heavy atom. The number of nitrogens with zero attached hydrogens (tertiary/aromatic N) is 2. The maximum atomic E-state index is 2.55. The average molecular weight is 231 g/mol. The van der Waals surface area contributed by atoms with Gasteiger partial charge in [-0.1, -0.05) is 33.9 Å². The van der Waals surface area contributed by atoms with Gasteiger partial charge in [0.1, 0.15) is 17.9 Å². The molecule has 0 aliphatic heterocycles. The summed E-state index contributed by atoms with van der Waals surface area (Å²) in [5.74, 6) is 0. The Morgan fingerprint density at radius 3 is 1.43 bits per heavy atom. The summed E-state index contributed by atoms with van der Waals surface area (Å²) in [5.41, 5.74) is 0. The summed E-state index contributed by atoms with van der Waals surface area (Å²) in [7, 11) is 3.91. The Labute approximate surface area is 93.7 Å². The molecule has 0 aliphatic carbocycles. The molecule has 0 aromatic carbocycles. The second-order valence-electron chi connectivity index (χ2n) is 4.03. The first kappa shape index (κ1) is 14.4. The van der Waals surface area contributed by atoms with Gasteiger partial charge in [0.2, 0.25) is 0 Å². The van der Waals surface area contributed by atoms with Crippen LogP contribution in [0.15, 0.2) is 0 Å². The highest BCUT2D eigenvalue weighted by atomic mass is 28.3. The third kappa shape index (κ3) is 3.84. The molecule has 0 N–H and O–H groups in total. The Morgan fingerprint density at radius 2 is 1.21 bits per heavy atom. The van der Waals surface area contributed by atoms with Crippen molar-refractivity contribution >= 4 is 17.9 Å². The summed E-state index contributed by atoms with van der Waals surface area (Å²) in [4.78, 5) is 0. The molecular weight excluding hydrogens is 204 g/mol. The smallest absolute Gasteiger partial charge is 0.134 e. The highest BCUT2D eigenvalue weighted by Gasteiger charge is 2.27. The zero-order valence-corrected chi connectivity index (χ0v) is 12.9. The van der Waals surface area contributed by atoms with Gasteiger partial charge < -0.3 is 9.13 Å². The molecule has 0 unspecified atom stereocenters. The maximum Gasteiger partial charge on any atom is 0.134 e. The first-order valence-corrected chi connectivity index (χ1v) is 9.59. The summed E-state index contributed by atoms with van der Waals surface area (Å²) in [6.45, 7) is 14.3. The van der Waals surface area contributed by atoms with Crippen LogP contribution < -0.4 is 0 Å². The van der Waals surface area contributed by atoms with Crippen LogP contribution in [-0.2, 0) is 0 Å². The van der Waals surface area contributed by atoms with Crippen LogP contribution in [0, 0.1) is 0 Å². The molecule has 0 aliphatic rings. The molecule has 0 bridgehead atoms. The lowest BCUT2D eigenvalue weighted by molar-refractivity contribution is 0.528. The fourth-order valence-corrected chi connectivity index (χ4v) is 7.52. The van der Waals surface area contributed by atoms with Gasteiger partial charge in [-0.05, 0) is 32.3 Å². The van der Waals surface area contributed by atoms with E-state index in [1.165, 1.54) is 13.1 Å². The van der Waals surface area contributed by atoms with Crippen molar-refractivity contribution in [3.8, 4) is 0 Å². The van der Waals surface area contributed by atoms with E-state index in [0.717, 1.165) is 5.16 Å². The lowest BCUT2D eigenvalue weighted by atomic mass is 10.8. The van der Waals surface area contributed by atoms with Crippen molar-refractivity contribution in [3.05, 3.63) is 0 Å². The molecular formula is C10H26N2Si2. The zero-order valence-electron chi connectivity index (χ0n) is 10.9. The van der Waals surface area contributed by atoms with E-state index in [-0.39, 0.29) is 17.9 Å². The third-order valence-corrected chi connectivity index (χ3v) is 11.5. The number of hydrogen-bond donors (Lipinski definition) is 0. The molecule has 0 amide bonds. The normalized spacial score (nSPS) is 12.9. The van der Waals surface area contributed by atoms with E-state index < -0.39 is 0 Å². The molecule has 0 heterocycles. The number of hydrogen-bond acceptors (Lipinski definition) is 2. The van der Waals surface area contributed by atoms with Gasteiger partial charge in [-0.2, -0.15) is 0 Å². The molecule has 0 aromatic rings. The molecule has 2 nitrogen and oxygen atoms in total. The van der Waals surface area contributed by atoms with E-state index in [4.69, 9.17) is 0 Å². The van der Waals surface area contributed by atoms with Gasteiger partial charge in [0.15, 0.2) is 0 Å². The Bertz CT molecular complexity index is 139. The molecule has 0 saturated heterocycles. The van der Waals surface area contributed by atoms with Crippen LogP contribution in [0.4, 0.5) is 0 Å². The van der Waals surface area contributed by atoms with E-state index in [9.17, 15) is 0 Å². The van der Waals surface area contributed by atoms with Crippen LogP contribution in [0.2, 0.25) is 18.3 Å². The monoisotopic (exact) mass is 230 g/mol. The quantitative estimate of drug-likeness (QED) is 0.645. The average Bonchev–Trinajstić information content (AvgIpc) is 2.23. The standard InChI is InChI=1S/C10H26N2Si2/c1-8-11(4)13(6)10(3)14(7)12(5)9-2/h10H,8-9H2,1-7H3. The lowest BCUT2D eigenvalue weighted by Gasteiger charge is -2.33. The summed E-state index contributed by atoms with van der Waals surface area (Å²) >= 11 is 0. The predicted molar refractivity (Wildman–Crippen MR) is 69.3 cm³/mol. The van der Waals surface area contributed by atoms with E-state index in [2.05, 4.69) is 57.1 Å². The van der Waals surface area contributed by atoms with Crippen molar-refractivity contribution in [2.75, 3.05) is 27.2 Å². The minimum absolute atomic E-state index is 0.313. The molecule has 0 rings (SSSR count). The van der Waals surface area contributed by atoms with Gasteiger partial charge in [0.05, 0.1) is 0 Å². The third-order valence-electron chi connectivity index (χ3n) is 3.41. The highest BCUT2D eigenvalue weighted by Crippen LogP contribution is 2.17. The molecule has 2 radical (unpaired) electrons. The van der Waals surface area contributed by atoms with Gasteiger partial charge in [-0.15, -0.1) is 0 Å². The van der Waals surface area contributed by atoms with Crippen LogP contribution in [0.5, 0.6) is 0 Å². The summed E-state index contributed by atoms with van der Waals surface area (Å²) < 4.78 is 5.10. The Kier molecular flexibility index (Phi) is 6.94. The molecule has 4 heteroatoms. The topological polar surface area (TPSA) is 6.48 Å². The highest BCUT2D eigenvalue weighted by molar-refractivity contribution is 6.75. The fourth-order valence-electron chi connectivity index (χ4n) is 1.46. The lowest BCUT2D eigenvalue weighted by Crippen LogP contribution is -2.47. The van der Waals surface area contributed by atoms with Crippen molar-refractivity contribution in [1.29, 1.82) is 0 Å². The van der Waals surface area contributed by atoms with Crippen molar-refractivity contribution in [2.24, 2.45) is 0 Å². The van der Waals surface area contributed by atoms with E-state index in [1.807, 2.05) is 0 Å². The first-order chi connectivity index (χ1) is 6.45. The second-order valence-corrected chi connectivity index (χ2v) is 10.4. The van der Waals surface area contributed by atoms with Gasteiger partial charge in [0.25, 0.3) is 0 Å². The van der Waals surface area contributed by atoms with Gasteiger partial charge in [0, 0.05) is 0 Å². The van der Waals surface area contributed by atoms with Crippen LogP contribution >= 0.6 is 0 Å². The van der Waals surface area contributed by atoms with Gasteiger partial charge in [-0.25, -0.2) is 0 Å². The molecule has 0 spiro atoms. The molecule has 0 atom stereocenters. The van der Waals surface area contributed by atoms with Crippen LogP contribution in [0.1, 0.15) is 20.8 Å². The molecule has 0 aromatic heterocycles. The van der Waals surface area contributed by atoms with Crippen molar-refractivity contribution in [2.45, 2.75) is 39.0 Å². The number of rotatable bonds is 6. The van der Waals surface area contributed by atoms with Crippen LogP contribution in [-0.4, -0.2) is 54.2 Å². The SMILES string of the molecule is CCN(C)[Si](C)C(C)[Si](C)N(C)CC. The van der Waals surface area contributed by atoms with Crippen molar-refractivity contribution < 1.29 is 0 Å². The minimum Gasteiger partial charge on any atom is -0.327 e. The van der Waals surface area contributed by atoms with E-state index in [1.54, 1.807) is 0 Å². The zero-order chi connectivity index (χ0) is 11.3. The molecule has 0 fully saturated rings. The summed E-state index contributed by atoms with van der Waals surface area (Å²) in [5, 5.41) is 0.917. The van der Waals surface area contributed by atoms with Gasteiger partial charge in [-0.3, -0.25) is 0 Å². The van der Waals surface area contributed by atoms with Crippen LogP contribution in [0.3, 0.4) is 0 Å². The minimum atomic E-state index is -0.313. The van der Waals surface area contributed by atoms with Crippen molar-refractivity contribution in [1.82, 2.24) is 9.13 Å². The predicted octanol–water partition coefficient (Wildman–Crippen LogP) is 2.06. The van der Waals surface area contributed by atoms with Gasteiger partial charge >= 0.3 is 0 Å². The van der Waals surface area contributed by atoms with E-state index >= 15 is 0 Å². The molecule has 0 saturated carbocycles. The van der Waals surface area contributed by atoms with Crippen molar-refractivity contribution in [3.63, 3.8) is 0 Å². The second kappa shape index (κ2) is 6.77. The molecule has 84 valence electrons. The maximum absolute atomic E-state index is 2.55. The first-order valence-electron chi connectivity index (χ1n) is 5.54. The Hall–Kier alpha value is 0.354. The van der Waals surface area contributed by atoms with Crippen LogP contribution in [0.25, 0.3) is 0 Å². The Balaban J connectivity index is 4.22. The largest absolute Gasteiger partial charge is 0.327 e. The van der Waals surface area contributed by atoms with E-state index in [0.29, 0.717) is 0 Å². The fraction of sp³-hybridized carbons (Fsp3) is 1.00. The molecule has 14 heavy (non-hydrogen) atoms. The summed E-state index contributed by atoms with van der Waals surface area (Å²) in [6.07, 6.45) is 0. The summed E-state index contributed by atoms with van der Waals surface area (Å²) in [6, 6.07) is 0.